The molecular weight excluding hydrogens is 360 g/mol. The molecule has 7 heteroatoms. The number of hydrogen-bond donors (Lipinski definition) is 0. The van der Waals surface area contributed by atoms with Crippen LogP contribution in [-0.4, -0.2) is 41.0 Å². The van der Waals surface area contributed by atoms with E-state index < -0.39 is 0 Å². The van der Waals surface area contributed by atoms with Crippen molar-refractivity contribution >= 4 is 11.8 Å². The molecule has 0 atom stereocenters. The van der Waals surface area contributed by atoms with Crippen molar-refractivity contribution in [1.29, 1.82) is 0 Å². The van der Waals surface area contributed by atoms with Gasteiger partial charge in [-0.2, -0.15) is 0 Å². The van der Waals surface area contributed by atoms with Crippen LogP contribution in [0.4, 0.5) is 0 Å². The summed E-state index contributed by atoms with van der Waals surface area (Å²) in [4.78, 5) is 28.6. The molecule has 28 heavy (non-hydrogen) atoms. The summed E-state index contributed by atoms with van der Waals surface area (Å²) in [6.07, 6.45) is 1.95. The van der Waals surface area contributed by atoms with Gasteiger partial charge < -0.3 is 23.7 Å². The highest BCUT2D eigenvalue weighted by atomic mass is 16.7. The summed E-state index contributed by atoms with van der Waals surface area (Å²) >= 11 is 0. The lowest BCUT2D eigenvalue weighted by Crippen LogP contribution is -2.45. The number of carbonyl (C=O) groups is 2. The molecule has 2 amide bonds. The molecule has 1 aromatic carbocycles. The molecule has 150 valence electrons. The fourth-order valence-corrected chi connectivity index (χ4v) is 3.09. The second-order valence-electron chi connectivity index (χ2n) is 6.99. The Morgan fingerprint density at radius 3 is 2.54 bits per heavy atom. The Hall–Kier alpha value is -2.96. The van der Waals surface area contributed by atoms with Crippen LogP contribution in [0.5, 0.6) is 11.5 Å². The molecule has 1 aliphatic heterocycles. The quantitative estimate of drug-likeness (QED) is 0.697. The van der Waals surface area contributed by atoms with Gasteiger partial charge in [-0.3, -0.25) is 9.59 Å². The summed E-state index contributed by atoms with van der Waals surface area (Å²) in [6.45, 7) is 6.57. The lowest BCUT2D eigenvalue weighted by molar-refractivity contribution is -0.142. The minimum atomic E-state index is -0.135. The molecule has 0 N–H and O–H groups in total. The van der Waals surface area contributed by atoms with Crippen LogP contribution < -0.4 is 9.47 Å². The first-order chi connectivity index (χ1) is 13.5. The summed E-state index contributed by atoms with van der Waals surface area (Å²) < 4.78 is 16.2. The molecule has 3 rings (SSSR count). The van der Waals surface area contributed by atoms with Crippen LogP contribution in [0.25, 0.3) is 0 Å². The first-order valence-electron chi connectivity index (χ1n) is 9.46. The SMILES string of the molecule is CCC(=O)N(CC(=O)N(Cc1ccc2c(c1)OCO2)Cc1ccco1)C(C)C. The second kappa shape index (κ2) is 8.82. The van der Waals surface area contributed by atoms with Gasteiger partial charge in [0, 0.05) is 19.0 Å². The maximum absolute atomic E-state index is 13.1. The fraction of sp³-hybridized carbons (Fsp3) is 0.429. The highest BCUT2D eigenvalue weighted by Gasteiger charge is 2.24. The highest BCUT2D eigenvalue weighted by Crippen LogP contribution is 2.33. The monoisotopic (exact) mass is 386 g/mol. The third-order valence-electron chi connectivity index (χ3n) is 4.64. The lowest BCUT2D eigenvalue weighted by Gasteiger charge is -2.29. The van der Waals surface area contributed by atoms with E-state index in [9.17, 15) is 9.59 Å². The number of nitrogens with zero attached hydrogens (tertiary/aromatic N) is 2. The number of ether oxygens (including phenoxy) is 2. The van der Waals surface area contributed by atoms with Gasteiger partial charge in [-0.1, -0.05) is 13.0 Å². The van der Waals surface area contributed by atoms with Crippen molar-refractivity contribution in [2.24, 2.45) is 0 Å². The highest BCUT2D eigenvalue weighted by molar-refractivity contribution is 5.85. The van der Waals surface area contributed by atoms with Crippen LogP contribution in [0.3, 0.4) is 0 Å². The predicted molar refractivity (Wildman–Crippen MR) is 103 cm³/mol. The van der Waals surface area contributed by atoms with Gasteiger partial charge >= 0.3 is 0 Å². The van der Waals surface area contributed by atoms with E-state index in [0.29, 0.717) is 36.8 Å². The van der Waals surface area contributed by atoms with Crippen LogP contribution in [0.15, 0.2) is 41.0 Å². The van der Waals surface area contributed by atoms with Crippen molar-refractivity contribution in [3.63, 3.8) is 0 Å². The van der Waals surface area contributed by atoms with Crippen molar-refractivity contribution in [2.75, 3.05) is 13.3 Å². The molecule has 1 aliphatic rings. The largest absolute Gasteiger partial charge is 0.467 e. The van der Waals surface area contributed by atoms with Crippen LogP contribution in [-0.2, 0) is 22.7 Å². The molecular formula is C21H26N2O5. The van der Waals surface area contributed by atoms with Gasteiger partial charge in [0.2, 0.25) is 18.6 Å². The van der Waals surface area contributed by atoms with E-state index in [4.69, 9.17) is 13.9 Å². The summed E-state index contributed by atoms with van der Waals surface area (Å²) in [5.41, 5.74) is 0.919. The van der Waals surface area contributed by atoms with Crippen molar-refractivity contribution in [1.82, 2.24) is 9.80 Å². The number of benzene rings is 1. The van der Waals surface area contributed by atoms with Gasteiger partial charge in [0.1, 0.15) is 5.76 Å². The lowest BCUT2D eigenvalue weighted by atomic mass is 10.1. The third kappa shape index (κ3) is 4.65. The Kier molecular flexibility index (Phi) is 6.23. The van der Waals surface area contributed by atoms with Gasteiger partial charge in [-0.15, -0.1) is 0 Å². The normalized spacial score (nSPS) is 12.3. The Morgan fingerprint density at radius 1 is 1.07 bits per heavy atom. The molecule has 1 aromatic heterocycles. The number of carbonyl (C=O) groups excluding carboxylic acids is 2. The van der Waals surface area contributed by atoms with Crippen LogP contribution in [0, 0.1) is 0 Å². The molecule has 7 nitrogen and oxygen atoms in total. The zero-order valence-corrected chi connectivity index (χ0v) is 16.5. The molecule has 0 spiro atoms. The Morgan fingerprint density at radius 2 is 1.86 bits per heavy atom. The summed E-state index contributed by atoms with van der Waals surface area (Å²) in [7, 11) is 0. The van der Waals surface area contributed by atoms with E-state index >= 15 is 0 Å². The first-order valence-corrected chi connectivity index (χ1v) is 9.46. The molecule has 0 aliphatic carbocycles. The van der Waals surface area contributed by atoms with Crippen molar-refractivity contribution in [2.45, 2.75) is 46.3 Å². The Bertz CT molecular complexity index is 816. The van der Waals surface area contributed by atoms with E-state index in [-0.39, 0.29) is 31.2 Å². The van der Waals surface area contributed by atoms with Crippen LogP contribution in [0.2, 0.25) is 0 Å². The maximum Gasteiger partial charge on any atom is 0.242 e. The number of furan rings is 1. The van der Waals surface area contributed by atoms with Crippen molar-refractivity contribution < 1.29 is 23.5 Å². The second-order valence-corrected chi connectivity index (χ2v) is 6.99. The number of hydrogen-bond acceptors (Lipinski definition) is 5. The zero-order valence-electron chi connectivity index (χ0n) is 16.5. The van der Waals surface area contributed by atoms with Gasteiger partial charge in [0.25, 0.3) is 0 Å². The Labute approximate surface area is 164 Å². The van der Waals surface area contributed by atoms with E-state index in [1.165, 1.54) is 0 Å². The van der Waals surface area contributed by atoms with Gasteiger partial charge in [0.05, 0.1) is 19.4 Å². The Balaban J connectivity index is 1.78. The van der Waals surface area contributed by atoms with E-state index in [1.54, 1.807) is 29.1 Å². The number of fused-ring (bicyclic) bond motifs is 1. The van der Waals surface area contributed by atoms with Gasteiger partial charge in [-0.05, 0) is 43.7 Å². The summed E-state index contributed by atoms with van der Waals surface area (Å²) in [5, 5.41) is 0. The number of rotatable bonds is 8. The van der Waals surface area contributed by atoms with Crippen LogP contribution >= 0.6 is 0 Å². The minimum absolute atomic E-state index is 0.0373. The average molecular weight is 386 g/mol. The standard InChI is InChI=1S/C21H26N2O5/c1-4-20(24)23(15(2)3)13-21(25)22(12-17-6-5-9-26-17)11-16-7-8-18-19(10-16)28-14-27-18/h5-10,15H,4,11-14H2,1-3H3. The zero-order chi connectivity index (χ0) is 20.1. The third-order valence-corrected chi connectivity index (χ3v) is 4.64. The minimum Gasteiger partial charge on any atom is -0.467 e. The molecule has 2 heterocycles. The number of amides is 2. The van der Waals surface area contributed by atoms with E-state index in [2.05, 4.69) is 0 Å². The predicted octanol–water partition coefficient (Wildman–Crippen LogP) is 3.18. The molecule has 0 radical (unpaired) electrons. The van der Waals surface area contributed by atoms with Crippen molar-refractivity contribution in [3.8, 4) is 11.5 Å². The summed E-state index contributed by atoms with van der Waals surface area (Å²) in [5.74, 6) is 1.89. The van der Waals surface area contributed by atoms with E-state index in [1.807, 2.05) is 38.1 Å². The van der Waals surface area contributed by atoms with Gasteiger partial charge in [0.15, 0.2) is 11.5 Å². The molecule has 0 bridgehead atoms. The van der Waals surface area contributed by atoms with Gasteiger partial charge in [-0.25, -0.2) is 0 Å². The molecule has 0 unspecified atom stereocenters. The molecule has 2 aromatic rings. The fourth-order valence-electron chi connectivity index (χ4n) is 3.09. The van der Waals surface area contributed by atoms with E-state index in [0.717, 1.165) is 5.56 Å². The average Bonchev–Trinajstić information content (AvgIpc) is 3.35. The molecule has 0 saturated heterocycles. The van der Waals surface area contributed by atoms with Crippen molar-refractivity contribution in [3.05, 3.63) is 47.9 Å². The smallest absolute Gasteiger partial charge is 0.242 e. The first kappa shape index (κ1) is 19.8. The summed E-state index contributed by atoms with van der Waals surface area (Å²) in [6, 6.07) is 9.20. The van der Waals surface area contributed by atoms with Crippen LogP contribution in [0.1, 0.15) is 38.5 Å². The topological polar surface area (TPSA) is 72.2 Å². The maximum atomic E-state index is 13.1. The molecule has 0 fully saturated rings. The molecule has 0 saturated carbocycles.